The first-order chi connectivity index (χ1) is 12.7. The topological polar surface area (TPSA) is 20.3 Å². The molecule has 2 heterocycles. The molecule has 2 fully saturated rings. The number of piperidine rings is 1. The number of carbonyl (C=O) groups excluding carboxylic acids is 1. The molecule has 3 heteroatoms. The fraction of sp³-hybridized carbons (Fsp3) is 0.435. The molecular weight excluding hydrogens is 386 g/mol. The van der Waals surface area contributed by atoms with E-state index in [9.17, 15) is 4.79 Å². The molecular formula is C23H24BrNO. The number of Topliss-reactive ketones (excluding diaryl/α,β-unsaturated/α-hetero) is 1. The lowest BCUT2D eigenvalue weighted by Gasteiger charge is -2.47. The lowest BCUT2D eigenvalue weighted by Crippen LogP contribution is -2.51. The van der Waals surface area contributed by atoms with Gasteiger partial charge in [-0.1, -0.05) is 65.5 Å². The zero-order valence-electron chi connectivity index (χ0n) is 15.0. The minimum atomic E-state index is 0.164. The van der Waals surface area contributed by atoms with E-state index in [2.05, 4.69) is 69.4 Å². The van der Waals surface area contributed by atoms with Gasteiger partial charge in [0.1, 0.15) is 5.78 Å². The smallest absolute Gasteiger partial charge is 0.137 e. The van der Waals surface area contributed by atoms with Crippen molar-refractivity contribution in [3.63, 3.8) is 0 Å². The van der Waals surface area contributed by atoms with Crippen molar-refractivity contribution < 1.29 is 4.79 Å². The first kappa shape index (κ1) is 16.6. The van der Waals surface area contributed by atoms with Crippen molar-refractivity contribution in [1.82, 2.24) is 0 Å². The minimum Gasteiger partial charge on any atom is -0.359 e. The van der Waals surface area contributed by atoms with Crippen molar-refractivity contribution in [2.45, 2.75) is 62.4 Å². The summed E-state index contributed by atoms with van der Waals surface area (Å²) in [7, 11) is 0. The van der Waals surface area contributed by atoms with E-state index in [0.29, 0.717) is 24.7 Å². The van der Waals surface area contributed by atoms with E-state index in [0.717, 1.165) is 4.47 Å². The Labute approximate surface area is 163 Å². The van der Waals surface area contributed by atoms with Gasteiger partial charge in [-0.2, -0.15) is 0 Å². The van der Waals surface area contributed by atoms with Gasteiger partial charge in [0.05, 0.1) is 6.04 Å². The summed E-state index contributed by atoms with van der Waals surface area (Å²) in [5.41, 5.74) is 4.31. The highest BCUT2D eigenvalue weighted by molar-refractivity contribution is 9.10. The van der Waals surface area contributed by atoms with Crippen LogP contribution in [-0.2, 0) is 10.2 Å². The van der Waals surface area contributed by atoms with Gasteiger partial charge in [-0.15, -0.1) is 0 Å². The Morgan fingerprint density at radius 2 is 1.65 bits per heavy atom. The first-order valence-corrected chi connectivity index (χ1v) is 10.6. The van der Waals surface area contributed by atoms with Gasteiger partial charge in [-0.05, 0) is 42.2 Å². The largest absolute Gasteiger partial charge is 0.359 e. The van der Waals surface area contributed by atoms with Crippen LogP contribution >= 0.6 is 15.9 Å². The van der Waals surface area contributed by atoms with Crippen molar-refractivity contribution in [2.24, 2.45) is 0 Å². The molecule has 2 nitrogen and oxygen atoms in total. The van der Waals surface area contributed by atoms with Crippen LogP contribution in [0.15, 0.2) is 53.0 Å². The van der Waals surface area contributed by atoms with Crippen LogP contribution in [-0.4, -0.2) is 11.8 Å². The number of hydrogen-bond donors (Lipinski definition) is 0. The zero-order chi connectivity index (χ0) is 17.7. The van der Waals surface area contributed by atoms with Crippen LogP contribution in [0.5, 0.6) is 0 Å². The number of nitrogens with zero attached hydrogens (tertiary/aromatic N) is 1. The fourth-order valence-corrected chi connectivity index (χ4v) is 6.04. The monoisotopic (exact) mass is 409 g/mol. The second-order valence-electron chi connectivity index (χ2n) is 8.17. The third-order valence-corrected chi connectivity index (χ3v) is 7.40. The van der Waals surface area contributed by atoms with E-state index < -0.39 is 0 Å². The van der Waals surface area contributed by atoms with Gasteiger partial charge >= 0.3 is 0 Å². The van der Waals surface area contributed by atoms with Crippen LogP contribution in [0.1, 0.15) is 62.1 Å². The second kappa shape index (κ2) is 6.23. The molecule has 1 saturated heterocycles. The molecule has 2 atom stereocenters. The number of benzene rings is 2. The maximum absolute atomic E-state index is 12.8. The quantitative estimate of drug-likeness (QED) is 0.580. The number of halogens is 1. The first-order valence-electron chi connectivity index (χ1n) is 9.84. The molecule has 134 valence electrons. The Balaban J connectivity index is 1.65. The predicted octanol–water partition coefficient (Wildman–Crippen LogP) is 5.94. The maximum atomic E-state index is 12.8. The lowest BCUT2D eigenvalue weighted by atomic mass is 9.64. The van der Waals surface area contributed by atoms with Crippen LogP contribution in [0, 0.1) is 0 Å². The van der Waals surface area contributed by atoms with Crippen LogP contribution in [0.3, 0.4) is 0 Å². The van der Waals surface area contributed by atoms with Gasteiger partial charge < -0.3 is 4.90 Å². The standard InChI is InChI=1S/C23H24BrNO/c24-17-10-8-16(9-11-17)21-14-18(26)15-22-23(12-4-1-5-13-23)19-6-2-3-7-20(19)25(21)22/h2-3,6-11,21-22H,1,4-5,12-15H2/t21-,22-/m0/s1. The SMILES string of the molecule is O=C1C[C@@H]2N(c3ccccc3C23CCCCC3)[C@H](c2ccc(Br)cc2)C1. The maximum Gasteiger partial charge on any atom is 0.137 e. The Kier molecular flexibility index (Phi) is 3.97. The van der Waals surface area contributed by atoms with E-state index >= 15 is 0 Å². The fourth-order valence-electron chi connectivity index (χ4n) is 5.77. The third-order valence-electron chi connectivity index (χ3n) is 6.87. The van der Waals surface area contributed by atoms with Gasteiger partial charge in [0.25, 0.3) is 0 Å². The molecule has 26 heavy (non-hydrogen) atoms. The second-order valence-corrected chi connectivity index (χ2v) is 9.09. The number of hydrogen-bond acceptors (Lipinski definition) is 2. The zero-order valence-corrected chi connectivity index (χ0v) is 16.5. The van der Waals surface area contributed by atoms with Crippen molar-refractivity contribution >= 4 is 27.4 Å². The number of carbonyl (C=O) groups is 1. The highest BCUT2D eigenvalue weighted by Gasteiger charge is 2.55. The number of rotatable bonds is 1. The molecule has 0 aromatic heterocycles. The average Bonchev–Trinajstić information content (AvgIpc) is 2.93. The Morgan fingerprint density at radius 1 is 0.923 bits per heavy atom. The summed E-state index contributed by atoms with van der Waals surface area (Å²) in [6.45, 7) is 0. The van der Waals surface area contributed by atoms with Crippen molar-refractivity contribution in [3.8, 4) is 0 Å². The molecule has 0 amide bonds. The normalized spacial score (nSPS) is 26.7. The molecule has 1 aliphatic carbocycles. The third kappa shape index (κ3) is 2.40. The molecule has 0 N–H and O–H groups in total. The number of ketones is 1. The van der Waals surface area contributed by atoms with Crippen molar-refractivity contribution in [2.75, 3.05) is 4.90 Å². The summed E-state index contributed by atoms with van der Waals surface area (Å²) in [6.07, 6.45) is 7.70. The van der Waals surface area contributed by atoms with Gasteiger partial charge in [-0.25, -0.2) is 0 Å². The Morgan fingerprint density at radius 3 is 2.42 bits per heavy atom. The van der Waals surface area contributed by atoms with Gasteiger partial charge in [0, 0.05) is 34.5 Å². The summed E-state index contributed by atoms with van der Waals surface area (Å²) in [5, 5.41) is 0. The highest BCUT2D eigenvalue weighted by atomic mass is 79.9. The summed E-state index contributed by atoms with van der Waals surface area (Å²) < 4.78 is 1.09. The molecule has 0 radical (unpaired) electrons. The van der Waals surface area contributed by atoms with E-state index in [1.165, 1.54) is 48.9 Å². The highest BCUT2D eigenvalue weighted by Crippen LogP contribution is 2.58. The van der Waals surface area contributed by atoms with E-state index in [-0.39, 0.29) is 11.5 Å². The van der Waals surface area contributed by atoms with Gasteiger partial charge in [0.15, 0.2) is 0 Å². The van der Waals surface area contributed by atoms with Crippen LogP contribution in [0.4, 0.5) is 5.69 Å². The number of para-hydroxylation sites is 1. The lowest BCUT2D eigenvalue weighted by molar-refractivity contribution is -0.121. The Hall–Kier alpha value is -1.61. The van der Waals surface area contributed by atoms with Crippen LogP contribution in [0.25, 0.3) is 0 Å². The summed E-state index contributed by atoms with van der Waals surface area (Å²) in [4.78, 5) is 15.4. The van der Waals surface area contributed by atoms with Gasteiger partial charge in [0.2, 0.25) is 0 Å². The molecule has 0 bridgehead atoms. The van der Waals surface area contributed by atoms with Crippen LogP contribution < -0.4 is 4.90 Å². The van der Waals surface area contributed by atoms with E-state index in [1.54, 1.807) is 0 Å². The van der Waals surface area contributed by atoms with E-state index in [1.807, 2.05) is 0 Å². The van der Waals surface area contributed by atoms with E-state index in [4.69, 9.17) is 0 Å². The molecule has 0 unspecified atom stereocenters. The minimum absolute atomic E-state index is 0.164. The number of fused-ring (bicyclic) bond motifs is 5. The summed E-state index contributed by atoms with van der Waals surface area (Å²) in [6, 6.07) is 18.0. The van der Waals surface area contributed by atoms with Crippen molar-refractivity contribution in [1.29, 1.82) is 0 Å². The average molecular weight is 410 g/mol. The molecule has 2 aliphatic heterocycles. The summed E-state index contributed by atoms with van der Waals surface area (Å²) in [5.74, 6) is 0.428. The molecule has 1 spiro atoms. The molecule has 2 aromatic rings. The molecule has 5 rings (SSSR count). The molecule has 2 aromatic carbocycles. The summed E-state index contributed by atoms with van der Waals surface area (Å²) >= 11 is 3.54. The Bertz CT molecular complexity index is 838. The molecule has 1 saturated carbocycles. The van der Waals surface area contributed by atoms with Gasteiger partial charge in [-0.3, -0.25) is 4.79 Å². The van der Waals surface area contributed by atoms with Crippen LogP contribution in [0.2, 0.25) is 0 Å². The number of anilines is 1. The molecule has 3 aliphatic rings. The predicted molar refractivity (Wildman–Crippen MR) is 109 cm³/mol. The van der Waals surface area contributed by atoms with Crippen molar-refractivity contribution in [3.05, 3.63) is 64.1 Å².